The zero-order valence-corrected chi connectivity index (χ0v) is 8.31. The van der Waals surface area contributed by atoms with Crippen molar-refractivity contribution in [1.82, 2.24) is 4.90 Å². The number of nitrogens with zero attached hydrogens (tertiary/aromatic N) is 1. The molecule has 0 saturated carbocycles. The van der Waals surface area contributed by atoms with Gasteiger partial charge in [0, 0.05) is 13.1 Å². The first-order valence-corrected chi connectivity index (χ1v) is 4.90. The molecule has 4 nitrogen and oxygen atoms in total. The van der Waals surface area contributed by atoms with Gasteiger partial charge in [-0.05, 0) is 29.7 Å². The Bertz CT molecular complexity index is 389. The van der Waals surface area contributed by atoms with Gasteiger partial charge in [0.05, 0.1) is 6.54 Å². The zero-order chi connectivity index (χ0) is 10.8. The second-order valence-corrected chi connectivity index (χ2v) is 3.81. The van der Waals surface area contributed by atoms with Gasteiger partial charge >= 0.3 is 5.97 Å². The van der Waals surface area contributed by atoms with Gasteiger partial charge in [0.25, 0.3) is 0 Å². The van der Waals surface area contributed by atoms with Crippen molar-refractivity contribution in [3.63, 3.8) is 0 Å². The van der Waals surface area contributed by atoms with Crippen molar-refractivity contribution in [2.75, 3.05) is 13.1 Å². The molecule has 1 aliphatic rings. The van der Waals surface area contributed by atoms with Crippen LogP contribution in [-0.4, -0.2) is 34.2 Å². The summed E-state index contributed by atoms with van der Waals surface area (Å²) in [6.07, 6.45) is 0.803. The molecule has 4 heteroatoms. The van der Waals surface area contributed by atoms with Gasteiger partial charge in [0.2, 0.25) is 0 Å². The molecule has 1 aromatic rings. The normalized spacial score (nSPS) is 16.0. The summed E-state index contributed by atoms with van der Waals surface area (Å²) < 4.78 is 0. The van der Waals surface area contributed by atoms with Gasteiger partial charge < -0.3 is 10.2 Å². The van der Waals surface area contributed by atoms with Crippen LogP contribution in [0.15, 0.2) is 18.2 Å². The zero-order valence-electron chi connectivity index (χ0n) is 8.31. The summed E-state index contributed by atoms with van der Waals surface area (Å²) in [6.45, 7) is 1.48. The highest BCUT2D eigenvalue weighted by molar-refractivity contribution is 5.69. The number of aliphatic carboxylic acids is 1. The molecule has 1 heterocycles. The van der Waals surface area contributed by atoms with Gasteiger partial charge in [-0.15, -0.1) is 0 Å². The highest BCUT2D eigenvalue weighted by atomic mass is 16.4. The molecule has 1 aliphatic heterocycles. The molecule has 0 radical (unpaired) electrons. The number of fused-ring (bicyclic) bond motifs is 1. The van der Waals surface area contributed by atoms with Crippen LogP contribution in [0.25, 0.3) is 0 Å². The fourth-order valence-electron chi connectivity index (χ4n) is 1.92. The molecular formula is C11H13NO3. The lowest BCUT2D eigenvalue weighted by Gasteiger charge is -2.27. The minimum Gasteiger partial charge on any atom is -0.508 e. The Hall–Kier alpha value is -1.55. The van der Waals surface area contributed by atoms with Crippen LogP contribution in [0.1, 0.15) is 11.1 Å². The molecule has 0 aliphatic carbocycles. The number of benzene rings is 1. The monoisotopic (exact) mass is 207 g/mol. The first kappa shape index (κ1) is 9.98. The van der Waals surface area contributed by atoms with Crippen molar-refractivity contribution in [1.29, 1.82) is 0 Å². The van der Waals surface area contributed by atoms with Gasteiger partial charge in [-0.3, -0.25) is 9.69 Å². The van der Waals surface area contributed by atoms with Gasteiger partial charge in [0.15, 0.2) is 0 Å². The minimum absolute atomic E-state index is 0.0836. The smallest absolute Gasteiger partial charge is 0.317 e. The van der Waals surface area contributed by atoms with E-state index in [0.717, 1.165) is 24.1 Å². The molecule has 0 atom stereocenters. The van der Waals surface area contributed by atoms with Crippen LogP contribution in [-0.2, 0) is 17.8 Å². The summed E-state index contributed by atoms with van der Waals surface area (Å²) in [5, 5.41) is 18.0. The highest BCUT2D eigenvalue weighted by Crippen LogP contribution is 2.22. The van der Waals surface area contributed by atoms with E-state index >= 15 is 0 Å². The number of rotatable bonds is 2. The molecule has 2 N–H and O–H groups in total. The average Bonchev–Trinajstić information content (AvgIpc) is 2.17. The second kappa shape index (κ2) is 3.90. The number of carbonyl (C=O) groups is 1. The summed E-state index contributed by atoms with van der Waals surface area (Å²) in [7, 11) is 0. The summed E-state index contributed by atoms with van der Waals surface area (Å²) in [6, 6.07) is 5.26. The summed E-state index contributed by atoms with van der Waals surface area (Å²) in [4.78, 5) is 12.4. The SMILES string of the molecule is O=C(O)CN1CCc2cc(O)ccc2C1. The number of phenolic OH excluding ortho intramolecular Hbond substituents is 1. The number of aromatic hydroxyl groups is 1. The van der Waals surface area contributed by atoms with Crippen molar-refractivity contribution < 1.29 is 15.0 Å². The maximum atomic E-state index is 10.6. The lowest BCUT2D eigenvalue weighted by atomic mass is 9.99. The first-order valence-electron chi connectivity index (χ1n) is 4.90. The Kier molecular flexibility index (Phi) is 2.60. The topological polar surface area (TPSA) is 60.8 Å². The largest absolute Gasteiger partial charge is 0.508 e. The van der Waals surface area contributed by atoms with Gasteiger partial charge in [-0.25, -0.2) is 0 Å². The van der Waals surface area contributed by atoms with E-state index in [-0.39, 0.29) is 12.3 Å². The van der Waals surface area contributed by atoms with Crippen molar-refractivity contribution in [3.8, 4) is 5.75 Å². The fraction of sp³-hybridized carbons (Fsp3) is 0.364. The third kappa shape index (κ3) is 2.27. The standard InChI is InChI=1S/C11H13NO3/c13-10-2-1-9-6-12(7-11(14)15)4-3-8(9)5-10/h1-2,5,13H,3-4,6-7H2,(H,14,15). The number of carboxylic acids is 1. The summed E-state index contributed by atoms with van der Waals surface area (Å²) in [5.41, 5.74) is 2.23. The number of hydrogen-bond acceptors (Lipinski definition) is 3. The van der Waals surface area contributed by atoms with Crippen molar-refractivity contribution in [2.24, 2.45) is 0 Å². The van der Waals surface area contributed by atoms with Crippen LogP contribution in [0.2, 0.25) is 0 Å². The van der Waals surface area contributed by atoms with E-state index in [1.165, 1.54) is 0 Å². The van der Waals surface area contributed by atoms with E-state index < -0.39 is 5.97 Å². The van der Waals surface area contributed by atoms with E-state index in [9.17, 15) is 9.90 Å². The summed E-state index contributed by atoms with van der Waals surface area (Å²) >= 11 is 0. The van der Waals surface area contributed by atoms with Gasteiger partial charge in [0.1, 0.15) is 5.75 Å². The minimum atomic E-state index is -0.794. The van der Waals surface area contributed by atoms with Crippen LogP contribution in [0.3, 0.4) is 0 Å². The molecule has 15 heavy (non-hydrogen) atoms. The Morgan fingerprint density at radius 3 is 2.93 bits per heavy atom. The van der Waals surface area contributed by atoms with E-state index in [0.29, 0.717) is 6.54 Å². The van der Waals surface area contributed by atoms with Crippen molar-refractivity contribution in [3.05, 3.63) is 29.3 Å². The lowest BCUT2D eigenvalue weighted by molar-refractivity contribution is -0.138. The van der Waals surface area contributed by atoms with Crippen LogP contribution >= 0.6 is 0 Å². The third-order valence-corrected chi connectivity index (χ3v) is 2.64. The predicted molar refractivity (Wildman–Crippen MR) is 54.7 cm³/mol. The molecule has 0 bridgehead atoms. The van der Waals surface area contributed by atoms with E-state index in [2.05, 4.69) is 0 Å². The number of hydrogen-bond donors (Lipinski definition) is 2. The van der Waals surface area contributed by atoms with E-state index in [4.69, 9.17) is 5.11 Å². The highest BCUT2D eigenvalue weighted by Gasteiger charge is 2.17. The molecular weight excluding hydrogens is 194 g/mol. The molecule has 0 amide bonds. The molecule has 0 aromatic heterocycles. The Morgan fingerprint density at radius 1 is 1.40 bits per heavy atom. The molecule has 0 spiro atoms. The van der Waals surface area contributed by atoms with E-state index in [1.807, 2.05) is 11.0 Å². The predicted octanol–water partition coefficient (Wildman–Crippen LogP) is 0.835. The molecule has 2 rings (SSSR count). The maximum absolute atomic E-state index is 10.6. The number of phenols is 1. The Balaban J connectivity index is 2.13. The van der Waals surface area contributed by atoms with Crippen LogP contribution in [0.4, 0.5) is 0 Å². The maximum Gasteiger partial charge on any atom is 0.317 e. The molecule has 0 unspecified atom stereocenters. The number of carboxylic acid groups (broad SMARTS) is 1. The first-order chi connectivity index (χ1) is 7.15. The quantitative estimate of drug-likeness (QED) is 0.754. The molecule has 0 fully saturated rings. The van der Waals surface area contributed by atoms with Crippen molar-refractivity contribution >= 4 is 5.97 Å². The fourth-order valence-corrected chi connectivity index (χ4v) is 1.92. The summed E-state index contributed by atoms with van der Waals surface area (Å²) in [5.74, 6) is -0.516. The van der Waals surface area contributed by atoms with E-state index in [1.54, 1.807) is 12.1 Å². The Labute approximate surface area is 87.8 Å². The van der Waals surface area contributed by atoms with Gasteiger partial charge in [-0.2, -0.15) is 0 Å². The van der Waals surface area contributed by atoms with Crippen LogP contribution in [0, 0.1) is 0 Å². The second-order valence-electron chi connectivity index (χ2n) is 3.81. The van der Waals surface area contributed by atoms with Crippen LogP contribution < -0.4 is 0 Å². The third-order valence-electron chi connectivity index (χ3n) is 2.64. The molecule has 1 aromatic carbocycles. The van der Waals surface area contributed by atoms with Gasteiger partial charge in [-0.1, -0.05) is 6.07 Å². The average molecular weight is 207 g/mol. The van der Waals surface area contributed by atoms with Crippen LogP contribution in [0.5, 0.6) is 5.75 Å². The Morgan fingerprint density at radius 2 is 2.20 bits per heavy atom. The molecule has 80 valence electrons. The molecule has 0 saturated heterocycles. The van der Waals surface area contributed by atoms with Crippen molar-refractivity contribution in [2.45, 2.75) is 13.0 Å². The lowest BCUT2D eigenvalue weighted by Crippen LogP contribution is -2.34.